The van der Waals surface area contributed by atoms with Crippen molar-refractivity contribution in [2.75, 3.05) is 13.2 Å². The molecule has 2 rings (SSSR count). The summed E-state index contributed by atoms with van der Waals surface area (Å²) in [5, 5.41) is 0. The van der Waals surface area contributed by atoms with Crippen molar-refractivity contribution in [3.8, 4) is 0 Å². The number of unbranched alkanes of at least 4 members (excludes halogenated alkanes) is 5. The monoisotopic (exact) mass is 324 g/mol. The number of hydrogen-bond acceptors (Lipinski definition) is 3. The van der Waals surface area contributed by atoms with Crippen LogP contribution < -0.4 is 0 Å². The maximum absolute atomic E-state index is 11.9. The molecule has 23 heavy (non-hydrogen) atoms. The Kier molecular flexibility index (Phi) is 8.43. The van der Waals surface area contributed by atoms with Gasteiger partial charge in [-0.1, -0.05) is 77.6 Å². The van der Waals surface area contributed by atoms with Crippen LogP contribution in [-0.2, 0) is 14.3 Å². The third-order valence-corrected chi connectivity index (χ3v) is 5.47. The van der Waals surface area contributed by atoms with Crippen LogP contribution >= 0.6 is 0 Å². The van der Waals surface area contributed by atoms with Crippen LogP contribution in [0.5, 0.6) is 0 Å². The molecule has 3 nitrogen and oxygen atoms in total. The van der Waals surface area contributed by atoms with Gasteiger partial charge in [-0.3, -0.25) is 0 Å². The third-order valence-electron chi connectivity index (χ3n) is 5.47. The Morgan fingerprint density at radius 1 is 1.04 bits per heavy atom. The first-order valence-corrected chi connectivity index (χ1v) is 10.1. The summed E-state index contributed by atoms with van der Waals surface area (Å²) in [6, 6.07) is 0. The lowest BCUT2D eigenvalue weighted by Crippen LogP contribution is -2.27. The van der Waals surface area contributed by atoms with E-state index in [2.05, 4.69) is 0 Å². The van der Waals surface area contributed by atoms with E-state index in [0.29, 0.717) is 13.2 Å². The Morgan fingerprint density at radius 2 is 1.70 bits per heavy atom. The SMILES string of the molecule is CCCOC(=O)C1(CCCCCCCCC2CCCCC2)CO1. The fourth-order valence-electron chi connectivity index (χ4n) is 3.80. The maximum Gasteiger partial charge on any atom is 0.340 e. The summed E-state index contributed by atoms with van der Waals surface area (Å²) < 4.78 is 10.6. The smallest absolute Gasteiger partial charge is 0.340 e. The van der Waals surface area contributed by atoms with Gasteiger partial charge in [-0.25, -0.2) is 4.79 Å². The first-order valence-electron chi connectivity index (χ1n) is 10.1. The summed E-state index contributed by atoms with van der Waals surface area (Å²) in [4.78, 5) is 11.9. The van der Waals surface area contributed by atoms with Crippen LogP contribution in [-0.4, -0.2) is 24.8 Å². The van der Waals surface area contributed by atoms with Gasteiger partial charge in [-0.05, 0) is 25.2 Å². The van der Waals surface area contributed by atoms with E-state index < -0.39 is 5.60 Å². The van der Waals surface area contributed by atoms with Gasteiger partial charge in [0.1, 0.15) is 0 Å². The molecule has 2 fully saturated rings. The molecule has 1 aliphatic carbocycles. The molecule has 134 valence electrons. The highest BCUT2D eigenvalue weighted by atomic mass is 16.6. The van der Waals surface area contributed by atoms with Crippen LogP contribution in [0.15, 0.2) is 0 Å². The topological polar surface area (TPSA) is 38.8 Å². The minimum Gasteiger partial charge on any atom is -0.463 e. The van der Waals surface area contributed by atoms with E-state index in [1.165, 1.54) is 70.6 Å². The first-order chi connectivity index (χ1) is 11.3. The van der Waals surface area contributed by atoms with Gasteiger partial charge in [0, 0.05) is 0 Å². The van der Waals surface area contributed by atoms with Gasteiger partial charge < -0.3 is 9.47 Å². The molecule has 1 heterocycles. The highest BCUT2D eigenvalue weighted by Crippen LogP contribution is 2.34. The van der Waals surface area contributed by atoms with E-state index in [-0.39, 0.29) is 5.97 Å². The van der Waals surface area contributed by atoms with Crippen molar-refractivity contribution >= 4 is 5.97 Å². The highest BCUT2D eigenvalue weighted by Gasteiger charge is 2.52. The molecule has 1 aliphatic heterocycles. The van der Waals surface area contributed by atoms with Crippen molar-refractivity contribution in [2.24, 2.45) is 5.92 Å². The van der Waals surface area contributed by atoms with E-state index in [9.17, 15) is 4.79 Å². The second kappa shape index (κ2) is 10.3. The number of rotatable bonds is 12. The number of carbonyl (C=O) groups is 1. The van der Waals surface area contributed by atoms with Crippen molar-refractivity contribution in [1.82, 2.24) is 0 Å². The van der Waals surface area contributed by atoms with Crippen molar-refractivity contribution in [1.29, 1.82) is 0 Å². The molecule has 0 aromatic heterocycles. The van der Waals surface area contributed by atoms with E-state index in [0.717, 1.165) is 25.2 Å². The van der Waals surface area contributed by atoms with E-state index in [4.69, 9.17) is 9.47 Å². The summed E-state index contributed by atoms with van der Waals surface area (Å²) in [5.41, 5.74) is -0.559. The molecule has 1 saturated carbocycles. The van der Waals surface area contributed by atoms with Gasteiger partial charge >= 0.3 is 5.97 Å². The molecule has 1 unspecified atom stereocenters. The van der Waals surface area contributed by atoms with Crippen LogP contribution in [0.4, 0.5) is 0 Å². The number of epoxide rings is 1. The zero-order chi connectivity index (χ0) is 16.4. The minimum atomic E-state index is -0.559. The average Bonchev–Trinajstić information content (AvgIpc) is 3.37. The van der Waals surface area contributed by atoms with Crippen LogP contribution in [0.1, 0.15) is 96.8 Å². The molecule has 0 radical (unpaired) electrons. The predicted octanol–water partition coefficient (Wildman–Crippen LogP) is 5.41. The molecular formula is C20H36O3. The zero-order valence-corrected chi connectivity index (χ0v) is 15.1. The van der Waals surface area contributed by atoms with Crippen molar-refractivity contribution in [2.45, 2.75) is 102 Å². The van der Waals surface area contributed by atoms with Crippen LogP contribution in [0.3, 0.4) is 0 Å². The van der Waals surface area contributed by atoms with Crippen LogP contribution in [0, 0.1) is 5.92 Å². The molecule has 0 aromatic carbocycles. The summed E-state index contributed by atoms with van der Waals surface area (Å²) in [5.74, 6) is 0.900. The van der Waals surface area contributed by atoms with Gasteiger partial charge in [-0.2, -0.15) is 0 Å². The molecule has 1 atom stereocenters. The second-order valence-corrected chi connectivity index (χ2v) is 7.58. The van der Waals surface area contributed by atoms with Crippen LogP contribution in [0.2, 0.25) is 0 Å². The Labute approximate surface area is 142 Å². The summed E-state index contributed by atoms with van der Waals surface area (Å²) >= 11 is 0. The number of ether oxygens (including phenoxy) is 2. The van der Waals surface area contributed by atoms with E-state index >= 15 is 0 Å². The Hall–Kier alpha value is -0.570. The predicted molar refractivity (Wildman–Crippen MR) is 93.4 cm³/mol. The number of esters is 1. The average molecular weight is 325 g/mol. The standard InChI is InChI=1S/C20H36O3/c1-2-16-22-19(21)20(17-23-20)15-11-6-4-3-5-8-12-18-13-9-7-10-14-18/h18H,2-17H2,1H3. The largest absolute Gasteiger partial charge is 0.463 e. The lowest BCUT2D eigenvalue weighted by Gasteiger charge is -2.21. The molecule has 1 saturated heterocycles. The molecule has 2 aliphatic rings. The number of hydrogen-bond donors (Lipinski definition) is 0. The fourth-order valence-corrected chi connectivity index (χ4v) is 3.80. The fraction of sp³-hybridized carbons (Fsp3) is 0.950. The quantitative estimate of drug-likeness (QED) is 0.274. The lowest BCUT2D eigenvalue weighted by atomic mass is 9.85. The lowest BCUT2D eigenvalue weighted by molar-refractivity contribution is -0.150. The van der Waals surface area contributed by atoms with Gasteiger partial charge in [0.25, 0.3) is 0 Å². The van der Waals surface area contributed by atoms with Crippen LogP contribution in [0.25, 0.3) is 0 Å². The van der Waals surface area contributed by atoms with Gasteiger partial charge in [0.15, 0.2) is 5.60 Å². The summed E-state index contributed by atoms with van der Waals surface area (Å²) in [7, 11) is 0. The molecule has 3 heteroatoms. The highest BCUT2D eigenvalue weighted by molar-refractivity contribution is 5.82. The molecular weight excluding hydrogens is 288 g/mol. The van der Waals surface area contributed by atoms with Crippen molar-refractivity contribution in [3.05, 3.63) is 0 Å². The molecule has 0 amide bonds. The summed E-state index contributed by atoms with van der Waals surface area (Å²) in [6.07, 6.45) is 18.3. The van der Waals surface area contributed by atoms with Gasteiger partial charge in [0.05, 0.1) is 13.2 Å². The van der Waals surface area contributed by atoms with E-state index in [1.807, 2.05) is 6.92 Å². The Balaban J connectivity index is 1.41. The van der Waals surface area contributed by atoms with E-state index in [1.54, 1.807) is 0 Å². The summed E-state index contributed by atoms with van der Waals surface area (Å²) in [6.45, 7) is 3.10. The Bertz CT molecular complexity index is 330. The first kappa shape index (κ1) is 18.8. The second-order valence-electron chi connectivity index (χ2n) is 7.58. The third kappa shape index (κ3) is 6.82. The zero-order valence-electron chi connectivity index (χ0n) is 15.1. The van der Waals surface area contributed by atoms with Gasteiger partial charge in [-0.15, -0.1) is 0 Å². The van der Waals surface area contributed by atoms with Crippen molar-refractivity contribution in [3.63, 3.8) is 0 Å². The molecule has 0 N–H and O–H groups in total. The van der Waals surface area contributed by atoms with Crippen molar-refractivity contribution < 1.29 is 14.3 Å². The molecule has 0 aromatic rings. The number of carbonyl (C=O) groups excluding carboxylic acids is 1. The molecule has 0 bridgehead atoms. The Morgan fingerprint density at radius 3 is 2.35 bits per heavy atom. The normalized spacial score (nSPS) is 24.6. The molecule has 0 spiro atoms. The van der Waals surface area contributed by atoms with Gasteiger partial charge in [0.2, 0.25) is 0 Å². The minimum absolute atomic E-state index is 0.133. The maximum atomic E-state index is 11.9.